The van der Waals surface area contributed by atoms with Crippen LogP contribution in [0, 0.1) is 17.3 Å². The molecular weight excluding hydrogens is 1800 g/mol. The van der Waals surface area contributed by atoms with Crippen molar-refractivity contribution >= 4 is 141 Å². The molecule has 2 aromatic rings. The number of unbranched alkanes of at least 4 members (excludes halogenated alkanes) is 4. The van der Waals surface area contributed by atoms with Crippen molar-refractivity contribution in [2.45, 2.75) is 319 Å². The maximum absolute atomic E-state index is 14.5. The summed E-state index contributed by atoms with van der Waals surface area (Å²) in [5.41, 5.74) is 30.3. The van der Waals surface area contributed by atoms with Gasteiger partial charge in [0.05, 0.1) is 0 Å². The molecule has 7 rings (SSSR count). The topological polar surface area (TPSA) is 689 Å². The number of carboxylic acid groups (broad SMARTS) is 1. The molecule has 1 aromatic carbocycles. The highest BCUT2D eigenvalue weighted by Crippen LogP contribution is 2.39. The third kappa shape index (κ3) is 33.6. The average molecular weight is 1940 g/mol. The number of fused-ring (bicyclic) bond motifs is 4. The Hall–Kier alpha value is -11.7. The predicted molar refractivity (Wildman–Crippen MR) is 506 cm³/mol. The van der Waals surface area contributed by atoms with Gasteiger partial charge in [-0.15, -0.1) is 0 Å². The predicted octanol–water partition coefficient (Wildman–Crippen LogP) is -4.27. The number of carbonyl (C=O) groups excluding carboxylic acids is 19. The van der Waals surface area contributed by atoms with E-state index in [4.69, 9.17) is 28.7 Å². The first-order valence-corrected chi connectivity index (χ1v) is 48.8. The Morgan fingerprint density at radius 1 is 0.445 bits per heavy atom. The van der Waals surface area contributed by atoms with E-state index in [0.29, 0.717) is 89.5 Å². The van der Waals surface area contributed by atoms with Crippen LogP contribution < -0.4 is 103 Å². The lowest BCUT2D eigenvalue weighted by Crippen LogP contribution is -2.59. The minimum atomic E-state index is -1.70. The van der Waals surface area contributed by atoms with E-state index in [-0.39, 0.29) is 127 Å². The normalized spacial score (nSPS) is 19.9. The van der Waals surface area contributed by atoms with Crippen LogP contribution in [0.25, 0.3) is 10.9 Å². The third-order valence-corrected chi connectivity index (χ3v) is 26.8. The molecule has 0 spiro atoms. The molecule has 45 nitrogen and oxygen atoms in total. The van der Waals surface area contributed by atoms with Crippen molar-refractivity contribution in [2.75, 3.05) is 64.7 Å². The van der Waals surface area contributed by atoms with Gasteiger partial charge >= 0.3 is 11.9 Å². The lowest BCUT2D eigenvalue weighted by atomic mass is 9.86. The number of amides is 19. The summed E-state index contributed by atoms with van der Waals surface area (Å²) in [6.07, 6.45) is 8.18. The number of H-pyrrole nitrogens is 1. The lowest BCUT2D eigenvalue weighted by molar-refractivity contribution is -0.159. The molecule has 5 saturated heterocycles. The van der Waals surface area contributed by atoms with Gasteiger partial charge in [0.2, 0.25) is 106 Å². The molecule has 18 atom stereocenters. The smallest absolute Gasteiger partial charge is 0.394 e. The molecule has 137 heavy (non-hydrogen) atoms. The van der Waals surface area contributed by atoms with E-state index >= 15 is 0 Å². The fraction of sp³-hybridized carbons (Fsp3) is 0.692. The monoisotopic (exact) mass is 1940 g/mol. The standard InChI is InChI=1S/C91H146N24O21S/c1-48(99-74(119)50(3)101-76(121)52(5)103-78(123)54(7)105-85(130)69-29-28-59-47-137-60-43-70(88(133)115(59)69)114(46-60)89(134)90(135)136)72(117)98-49(2)73(118)100-51(4)75(120)102-53(6)77(122)104-55(8)79(124)111-68(44-91(9,10)11)87(132)113-40-32-57(33-41-113)86(131)112-38-30-56(31-39-112)80(125)106-63(24-14-18-34-92)81(126)107-64(25-15-19-35-93)82(127)108-65(26-16-20-36-94)83(128)109-66(27-17-21-37-95)84(129)110-67(71(96)116)42-58-45-97-62-23-13-12-22-61(58)62/h12-13,22-23,45,48-57,59-60,63-70,97H,14-21,24-44,46-47,92-95H2,1-11H3,(H2,96,116)(H,98,117)(H,99,119)(H,100,118)(H,101,121)(H,102,120)(H,103,123)(H,104,122)(H,105,130)(H,106,125)(H,107,126)(H,108,127)(H,109,128)(H,110,129)(H,111,124)(H,135,136)/t48-,49-,50-,51-,52-,53-,54-,55-,59?,60+,63-,64-,65-,66-,67-,68-,69-,70+/m0/s1. The van der Waals surface area contributed by atoms with Crippen molar-refractivity contribution in [3.8, 4) is 0 Å². The quantitative estimate of drug-likeness (QED) is 0.0220. The van der Waals surface area contributed by atoms with Crippen molar-refractivity contribution in [1.82, 2.24) is 99.0 Å². The number of hydrogen-bond donors (Lipinski definition) is 21. The fourth-order valence-electron chi connectivity index (χ4n) is 17.2. The number of rotatable bonds is 50. The second kappa shape index (κ2) is 53.9. The summed E-state index contributed by atoms with van der Waals surface area (Å²) in [6, 6.07) is -12.1. The molecule has 1 aromatic heterocycles. The highest BCUT2D eigenvalue weighted by Gasteiger charge is 2.52. The van der Waals surface area contributed by atoms with Gasteiger partial charge in [0.25, 0.3) is 0 Å². The molecule has 2 bridgehead atoms. The van der Waals surface area contributed by atoms with Gasteiger partial charge in [-0.3, -0.25) is 91.1 Å². The number of nitrogens with one attached hydrogen (secondary N) is 15. The Balaban J connectivity index is 0.823. The Labute approximate surface area is 802 Å². The van der Waals surface area contributed by atoms with Gasteiger partial charge in [-0.05, 0) is 227 Å². The summed E-state index contributed by atoms with van der Waals surface area (Å²) in [4.78, 5) is 281. The van der Waals surface area contributed by atoms with Gasteiger partial charge < -0.3 is 133 Å². The number of para-hydroxylation sites is 1. The number of aliphatic carboxylic acids is 1. The van der Waals surface area contributed by atoms with Crippen LogP contribution in [0.3, 0.4) is 0 Å². The summed E-state index contributed by atoms with van der Waals surface area (Å²) in [5.74, 6) is -15.7. The van der Waals surface area contributed by atoms with Crippen LogP contribution in [0.2, 0.25) is 0 Å². The van der Waals surface area contributed by atoms with E-state index in [1.54, 1.807) is 16.0 Å². The van der Waals surface area contributed by atoms with Crippen molar-refractivity contribution in [2.24, 2.45) is 45.9 Å². The first-order valence-electron chi connectivity index (χ1n) is 47.8. The molecular formula is C91H146N24O21S. The number of carbonyl (C=O) groups is 20. The molecule has 5 aliphatic rings. The van der Waals surface area contributed by atoms with Crippen LogP contribution >= 0.6 is 11.8 Å². The number of aromatic nitrogens is 1. The van der Waals surface area contributed by atoms with E-state index in [9.17, 15) is 101 Å². The van der Waals surface area contributed by atoms with Crippen LogP contribution in [0.15, 0.2) is 30.5 Å². The van der Waals surface area contributed by atoms with Crippen molar-refractivity contribution < 1.29 is 101 Å². The Morgan fingerprint density at radius 2 is 0.818 bits per heavy atom. The molecule has 1 unspecified atom stereocenters. The first-order chi connectivity index (χ1) is 64.8. The van der Waals surface area contributed by atoms with Crippen LogP contribution in [-0.2, 0) is 102 Å². The Kier molecular flexibility index (Phi) is 44.2. The SMILES string of the molecule is C[C@H](NC(=O)[C@H](C)NC(=O)[C@H](C)NC(=O)[C@H](C)NC(=O)[C@H](C)NC(=O)[C@@H]1CCC2CS[C@@H]3C[C@H](C(=O)N21)N(C(=O)C(=O)O)C3)C(=O)N[C@@H](C)C(=O)N[C@@H](C)C(=O)N[C@@H](C)C(=O)N[C@@H](CC(C)(C)C)C(=O)N1CCC(C(=O)N2CCC(C(=O)N[C@@H](CCCCN)C(=O)N[C@@H](CCCCN)C(=O)N[C@@H](CCCCN)C(=O)N[C@@H](CCCCN)C(=O)N[C@@H](Cc3c[nH]c4ccccc34)C(N)=O)CC2)CC1. The molecule has 0 aliphatic carbocycles. The molecule has 5 aliphatic heterocycles. The summed E-state index contributed by atoms with van der Waals surface area (Å²) < 4.78 is 0. The summed E-state index contributed by atoms with van der Waals surface area (Å²) >= 11 is 1.50. The highest BCUT2D eigenvalue weighted by atomic mass is 32.2. The molecule has 6 heterocycles. The number of carboxylic acids is 1. The number of likely N-dealkylation sites (tertiary alicyclic amines) is 3. The molecule has 19 amide bonds. The van der Waals surface area contributed by atoms with E-state index in [1.165, 1.54) is 72.1 Å². The van der Waals surface area contributed by atoms with Gasteiger partial charge in [-0.2, -0.15) is 11.8 Å². The molecule has 46 heteroatoms. The number of aromatic amines is 1. The van der Waals surface area contributed by atoms with E-state index in [1.807, 2.05) is 45.0 Å². The number of nitrogens with two attached hydrogens (primary N) is 5. The van der Waals surface area contributed by atoms with Gasteiger partial charge in [0, 0.05) is 85.1 Å². The largest absolute Gasteiger partial charge is 0.474 e. The lowest BCUT2D eigenvalue weighted by Gasteiger charge is -2.38. The highest BCUT2D eigenvalue weighted by molar-refractivity contribution is 8.00. The molecule has 5 fully saturated rings. The van der Waals surface area contributed by atoms with E-state index < -0.39 is 226 Å². The number of benzene rings is 1. The minimum Gasteiger partial charge on any atom is -0.474 e. The van der Waals surface area contributed by atoms with Gasteiger partial charge in [0.1, 0.15) is 96.7 Å². The van der Waals surface area contributed by atoms with E-state index in [2.05, 4.69) is 79.4 Å². The number of hydrogen-bond acceptors (Lipinski definition) is 25. The molecule has 26 N–H and O–H groups in total. The number of nitrogens with zero attached hydrogens (tertiary/aromatic N) is 4. The number of primary amides is 1. The second-order valence-corrected chi connectivity index (χ2v) is 39.1. The first kappa shape index (κ1) is 112. The van der Waals surface area contributed by atoms with Crippen molar-refractivity contribution in [1.29, 1.82) is 0 Å². The third-order valence-electron chi connectivity index (χ3n) is 25.4. The van der Waals surface area contributed by atoms with Crippen molar-refractivity contribution in [3.63, 3.8) is 0 Å². The van der Waals surface area contributed by atoms with Gasteiger partial charge in [0.15, 0.2) is 0 Å². The van der Waals surface area contributed by atoms with Crippen LogP contribution in [0.1, 0.15) is 210 Å². The maximum Gasteiger partial charge on any atom is 0.394 e. The summed E-state index contributed by atoms with van der Waals surface area (Å²) in [6.45, 7) is 18.3. The molecule has 0 saturated carbocycles. The Bertz CT molecular complexity index is 4590. The number of thioether (sulfide) groups is 1. The molecule has 0 radical (unpaired) electrons. The zero-order valence-electron chi connectivity index (χ0n) is 80.6. The zero-order valence-corrected chi connectivity index (χ0v) is 81.4. The Morgan fingerprint density at radius 3 is 1.22 bits per heavy atom. The zero-order chi connectivity index (χ0) is 101. The van der Waals surface area contributed by atoms with Crippen LogP contribution in [0.5, 0.6) is 0 Å². The van der Waals surface area contributed by atoms with E-state index in [0.717, 1.165) is 21.4 Å². The minimum absolute atomic E-state index is 0.0579. The molecule has 762 valence electrons. The number of piperidine rings is 2. The van der Waals surface area contributed by atoms with Crippen molar-refractivity contribution in [3.05, 3.63) is 36.0 Å². The van der Waals surface area contributed by atoms with Crippen LogP contribution in [0.4, 0.5) is 0 Å². The van der Waals surface area contributed by atoms with Gasteiger partial charge in [-0.25, -0.2) is 4.79 Å². The van der Waals surface area contributed by atoms with Crippen LogP contribution in [-0.4, -0.2) is 321 Å². The average Bonchev–Trinajstić information content (AvgIpc) is 1.62. The summed E-state index contributed by atoms with van der Waals surface area (Å²) in [7, 11) is 0. The summed E-state index contributed by atoms with van der Waals surface area (Å²) in [5, 5.41) is 46.8. The second-order valence-electron chi connectivity index (χ2n) is 37.7. The maximum atomic E-state index is 14.5. The fourth-order valence-corrected chi connectivity index (χ4v) is 18.6. The van der Waals surface area contributed by atoms with Gasteiger partial charge in [-0.1, -0.05) is 39.0 Å².